The van der Waals surface area contributed by atoms with E-state index in [2.05, 4.69) is 28.9 Å². The van der Waals surface area contributed by atoms with Crippen LogP contribution in [0.4, 0.5) is 0 Å². The molecule has 4 rings (SSSR count). The third-order valence-corrected chi connectivity index (χ3v) is 6.76. The average Bonchev–Trinajstić information content (AvgIpc) is 3.18. The summed E-state index contributed by atoms with van der Waals surface area (Å²) in [6.45, 7) is 7.05. The quantitative estimate of drug-likeness (QED) is 0.499. The van der Waals surface area contributed by atoms with Gasteiger partial charge in [-0.05, 0) is 62.8 Å². The summed E-state index contributed by atoms with van der Waals surface area (Å²) in [6.07, 6.45) is 5.83. The van der Waals surface area contributed by atoms with E-state index in [9.17, 15) is 9.59 Å². The summed E-state index contributed by atoms with van der Waals surface area (Å²) < 4.78 is 1.68. The monoisotopic (exact) mass is 425 g/mol. The normalized spacial score (nSPS) is 16.9. The molecule has 30 heavy (non-hydrogen) atoms. The third kappa shape index (κ3) is 4.01. The maximum Gasteiger partial charge on any atom is 0.262 e. The van der Waals surface area contributed by atoms with Crippen LogP contribution in [0, 0.1) is 13.8 Å². The minimum Gasteiger partial charge on any atom is -0.339 e. The Bertz CT molecular complexity index is 1140. The molecule has 1 fully saturated rings. The number of carbonyl (C=O) groups excluding carboxylic acids is 1. The lowest BCUT2D eigenvalue weighted by atomic mass is 10.0. The van der Waals surface area contributed by atoms with Crippen LogP contribution < -0.4 is 5.56 Å². The van der Waals surface area contributed by atoms with Crippen LogP contribution in [0.15, 0.2) is 34.3 Å². The molecule has 1 N–H and O–H groups in total. The van der Waals surface area contributed by atoms with Gasteiger partial charge >= 0.3 is 0 Å². The van der Waals surface area contributed by atoms with Crippen LogP contribution >= 0.6 is 11.8 Å². The number of piperidine rings is 1. The summed E-state index contributed by atoms with van der Waals surface area (Å²) >= 11 is 1.28. The van der Waals surface area contributed by atoms with Crippen LogP contribution in [0.5, 0.6) is 0 Å². The molecule has 3 aromatic rings. The molecule has 1 amide bonds. The van der Waals surface area contributed by atoms with Crippen LogP contribution in [0.25, 0.3) is 16.7 Å². The molecule has 8 heteroatoms. The van der Waals surface area contributed by atoms with Crippen molar-refractivity contribution in [3.05, 3.63) is 45.9 Å². The molecule has 3 heterocycles. The topological polar surface area (TPSA) is 83.9 Å². The average molecular weight is 426 g/mol. The predicted molar refractivity (Wildman–Crippen MR) is 119 cm³/mol. The van der Waals surface area contributed by atoms with E-state index in [0.717, 1.165) is 37.1 Å². The van der Waals surface area contributed by atoms with Crippen LogP contribution in [0.3, 0.4) is 0 Å². The minimum absolute atomic E-state index is 0.108. The molecular formula is C22H27N5O2S. The summed E-state index contributed by atoms with van der Waals surface area (Å²) in [7, 11) is 0. The van der Waals surface area contributed by atoms with Gasteiger partial charge in [0, 0.05) is 12.6 Å². The molecule has 1 aromatic carbocycles. The maximum absolute atomic E-state index is 12.8. The number of aromatic nitrogens is 4. The van der Waals surface area contributed by atoms with Gasteiger partial charge in [-0.3, -0.25) is 9.59 Å². The smallest absolute Gasteiger partial charge is 0.262 e. The molecule has 1 saturated heterocycles. The first kappa shape index (κ1) is 20.7. The Morgan fingerprint density at radius 2 is 2.10 bits per heavy atom. The number of hydrogen-bond donors (Lipinski definition) is 1. The minimum atomic E-state index is -0.241. The van der Waals surface area contributed by atoms with Crippen molar-refractivity contribution in [1.82, 2.24) is 24.6 Å². The highest BCUT2D eigenvalue weighted by Crippen LogP contribution is 2.23. The number of benzene rings is 1. The van der Waals surface area contributed by atoms with Crippen LogP contribution in [-0.2, 0) is 4.79 Å². The second kappa shape index (κ2) is 8.63. The van der Waals surface area contributed by atoms with Gasteiger partial charge in [-0.1, -0.05) is 24.8 Å². The number of H-pyrrole nitrogens is 1. The Morgan fingerprint density at radius 3 is 2.87 bits per heavy atom. The first-order chi connectivity index (χ1) is 14.5. The van der Waals surface area contributed by atoms with E-state index in [0.29, 0.717) is 22.2 Å². The van der Waals surface area contributed by atoms with Gasteiger partial charge < -0.3 is 9.88 Å². The van der Waals surface area contributed by atoms with E-state index < -0.39 is 0 Å². The number of rotatable bonds is 5. The van der Waals surface area contributed by atoms with Crippen molar-refractivity contribution in [2.75, 3.05) is 12.3 Å². The van der Waals surface area contributed by atoms with Crippen LogP contribution in [-0.4, -0.2) is 48.9 Å². The van der Waals surface area contributed by atoms with Gasteiger partial charge in [0.2, 0.25) is 5.91 Å². The van der Waals surface area contributed by atoms with E-state index in [1.54, 1.807) is 4.68 Å². The van der Waals surface area contributed by atoms with Crippen molar-refractivity contribution >= 4 is 28.7 Å². The summed E-state index contributed by atoms with van der Waals surface area (Å²) in [4.78, 5) is 34.7. The van der Waals surface area contributed by atoms with E-state index >= 15 is 0 Å². The molecule has 158 valence electrons. The van der Waals surface area contributed by atoms with Gasteiger partial charge in [-0.15, -0.1) is 0 Å². The molecule has 1 aliphatic heterocycles. The lowest BCUT2D eigenvalue weighted by molar-refractivity contribution is -0.132. The number of aromatic amines is 1. The number of likely N-dealkylation sites (tertiary alicyclic amines) is 1. The lowest BCUT2D eigenvalue weighted by Crippen LogP contribution is -2.44. The van der Waals surface area contributed by atoms with Crippen LogP contribution in [0.2, 0.25) is 0 Å². The standard InChI is InChI=1S/C22H27N5O2S/c1-4-16-7-5-6-10-26(16)19(28)13-30-22-24-20-18(21(29)25-22)12-23-27(20)17-9-8-14(2)15(3)11-17/h8-9,11-12,16H,4-7,10,13H2,1-3H3,(H,24,25,29)/t16-/m0/s1. The fourth-order valence-electron chi connectivity index (χ4n) is 3.98. The molecule has 0 aliphatic carbocycles. The fraction of sp³-hybridized carbons (Fsp3) is 0.455. The highest BCUT2D eigenvalue weighted by Gasteiger charge is 2.25. The molecule has 1 atom stereocenters. The number of fused-ring (bicyclic) bond motifs is 1. The highest BCUT2D eigenvalue weighted by atomic mass is 32.2. The van der Waals surface area contributed by atoms with E-state index in [4.69, 9.17) is 0 Å². The summed E-state index contributed by atoms with van der Waals surface area (Å²) in [5.74, 6) is 0.375. The van der Waals surface area contributed by atoms with Crippen molar-refractivity contribution < 1.29 is 4.79 Å². The molecule has 1 aliphatic rings. The first-order valence-corrected chi connectivity index (χ1v) is 11.4. The molecule has 0 unspecified atom stereocenters. The van der Waals surface area contributed by atoms with Crippen molar-refractivity contribution in [2.24, 2.45) is 0 Å². The van der Waals surface area contributed by atoms with Gasteiger partial charge in [-0.2, -0.15) is 5.10 Å². The van der Waals surface area contributed by atoms with Crippen molar-refractivity contribution in [1.29, 1.82) is 0 Å². The zero-order chi connectivity index (χ0) is 21.3. The third-order valence-electron chi connectivity index (χ3n) is 5.90. The Labute approximate surface area is 179 Å². The lowest BCUT2D eigenvalue weighted by Gasteiger charge is -2.35. The number of aryl methyl sites for hydroxylation is 2. The second-order valence-corrected chi connectivity index (χ2v) is 8.83. The zero-order valence-corrected chi connectivity index (χ0v) is 18.5. The Hall–Kier alpha value is -2.61. The SMILES string of the molecule is CC[C@H]1CCCCN1C(=O)CSc1nc2c(cnn2-c2ccc(C)c(C)c2)c(=O)[nH]1. The van der Waals surface area contributed by atoms with Gasteiger partial charge in [-0.25, -0.2) is 9.67 Å². The highest BCUT2D eigenvalue weighted by molar-refractivity contribution is 7.99. The Kier molecular flexibility index (Phi) is 5.94. The molecule has 7 nitrogen and oxygen atoms in total. The first-order valence-electron chi connectivity index (χ1n) is 10.5. The number of nitrogens with zero attached hydrogens (tertiary/aromatic N) is 4. The van der Waals surface area contributed by atoms with Crippen LogP contribution in [0.1, 0.15) is 43.7 Å². The van der Waals surface area contributed by atoms with Gasteiger partial charge in [0.15, 0.2) is 10.8 Å². The number of amides is 1. The summed E-state index contributed by atoms with van der Waals surface area (Å²) in [5.41, 5.74) is 3.46. The molecule has 0 saturated carbocycles. The zero-order valence-electron chi connectivity index (χ0n) is 17.6. The number of thioether (sulfide) groups is 1. The Balaban J connectivity index is 1.58. The van der Waals surface area contributed by atoms with E-state index in [-0.39, 0.29) is 17.2 Å². The number of hydrogen-bond acceptors (Lipinski definition) is 5. The molecule has 0 radical (unpaired) electrons. The number of nitrogens with one attached hydrogen (secondary N) is 1. The summed E-state index contributed by atoms with van der Waals surface area (Å²) in [6, 6.07) is 6.35. The molecule has 0 spiro atoms. The fourth-order valence-corrected chi connectivity index (χ4v) is 4.72. The second-order valence-electron chi connectivity index (χ2n) is 7.87. The van der Waals surface area contributed by atoms with Crippen molar-refractivity contribution in [2.45, 2.75) is 57.7 Å². The van der Waals surface area contributed by atoms with Gasteiger partial charge in [0.25, 0.3) is 5.56 Å². The maximum atomic E-state index is 12.8. The largest absolute Gasteiger partial charge is 0.339 e. The molecule has 0 bridgehead atoms. The summed E-state index contributed by atoms with van der Waals surface area (Å²) in [5, 5.41) is 5.25. The predicted octanol–water partition coefficient (Wildman–Crippen LogP) is 3.61. The molecular weight excluding hydrogens is 398 g/mol. The van der Waals surface area contributed by atoms with E-state index in [1.807, 2.05) is 30.0 Å². The van der Waals surface area contributed by atoms with Crippen molar-refractivity contribution in [3.8, 4) is 5.69 Å². The Morgan fingerprint density at radius 1 is 1.27 bits per heavy atom. The van der Waals surface area contributed by atoms with Crippen molar-refractivity contribution in [3.63, 3.8) is 0 Å². The van der Waals surface area contributed by atoms with Gasteiger partial charge in [0.1, 0.15) is 5.39 Å². The van der Waals surface area contributed by atoms with E-state index in [1.165, 1.54) is 29.9 Å². The number of carbonyl (C=O) groups is 1. The van der Waals surface area contributed by atoms with Gasteiger partial charge in [0.05, 0.1) is 17.6 Å². The molecule has 2 aromatic heterocycles.